The van der Waals surface area contributed by atoms with Crippen LogP contribution >= 0.6 is 0 Å². The molecular formula is C10H20O6. The number of ether oxygens (including phenoxy) is 2. The molecule has 1 rings (SSSR count). The lowest BCUT2D eigenvalue weighted by Crippen LogP contribution is -2.61. The van der Waals surface area contributed by atoms with Crippen molar-refractivity contribution in [2.75, 3.05) is 13.7 Å². The van der Waals surface area contributed by atoms with Crippen LogP contribution in [0, 0.1) is 0 Å². The number of methoxy groups -OCH3 is 1. The monoisotopic (exact) mass is 236 g/mol. The summed E-state index contributed by atoms with van der Waals surface area (Å²) in [6.07, 6.45) is -2.21. The maximum absolute atomic E-state index is 10.2. The molecule has 6 nitrogen and oxygen atoms in total. The smallest absolute Gasteiger partial charge is 0.189 e. The second-order valence-corrected chi connectivity index (χ2v) is 4.89. The third-order valence-electron chi connectivity index (χ3n) is 3.35. The summed E-state index contributed by atoms with van der Waals surface area (Å²) in [5, 5.41) is 39.3. The second kappa shape index (κ2) is 3.90. The summed E-state index contributed by atoms with van der Waals surface area (Å²) in [5.74, 6) is 0. The molecular weight excluding hydrogens is 216 g/mol. The molecule has 5 atom stereocenters. The first kappa shape index (κ1) is 13.8. The zero-order chi connectivity index (χ0) is 12.8. The van der Waals surface area contributed by atoms with E-state index in [0.717, 1.165) is 0 Å². The lowest BCUT2D eigenvalue weighted by Gasteiger charge is -2.39. The van der Waals surface area contributed by atoms with Crippen molar-refractivity contribution in [1.29, 1.82) is 0 Å². The van der Waals surface area contributed by atoms with Gasteiger partial charge in [-0.3, -0.25) is 0 Å². The fourth-order valence-electron chi connectivity index (χ4n) is 2.01. The van der Waals surface area contributed by atoms with Crippen LogP contribution in [0.15, 0.2) is 0 Å². The van der Waals surface area contributed by atoms with Crippen LogP contribution in [-0.4, -0.2) is 63.3 Å². The first-order chi connectivity index (χ1) is 7.11. The largest absolute Gasteiger partial charge is 0.393 e. The Morgan fingerprint density at radius 2 is 1.81 bits per heavy atom. The molecule has 0 aromatic heterocycles. The van der Waals surface area contributed by atoms with Gasteiger partial charge in [0.25, 0.3) is 0 Å². The van der Waals surface area contributed by atoms with Gasteiger partial charge in [-0.2, -0.15) is 0 Å². The Hall–Kier alpha value is -0.240. The molecule has 16 heavy (non-hydrogen) atoms. The predicted octanol–water partition coefficient (Wildman–Crippen LogP) is -1.40. The van der Waals surface area contributed by atoms with E-state index in [0.29, 0.717) is 0 Å². The Morgan fingerprint density at radius 3 is 2.12 bits per heavy atom. The Balaban J connectivity index is 3.08. The average molecular weight is 236 g/mol. The predicted molar refractivity (Wildman–Crippen MR) is 54.6 cm³/mol. The molecule has 1 aliphatic heterocycles. The maximum atomic E-state index is 10.2. The molecule has 1 fully saturated rings. The summed E-state index contributed by atoms with van der Waals surface area (Å²) in [7, 11) is 1.32. The summed E-state index contributed by atoms with van der Waals surface area (Å²) >= 11 is 0. The molecule has 0 spiro atoms. The maximum Gasteiger partial charge on any atom is 0.189 e. The standard InChI is InChI=1S/C10H20O6/c1-8(12,5-11)6-9(2,13)10(3,14)7(15-4)16-6/h6-7,11-14H,5H2,1-4H3/t6-,7+,8+,9+,10+/m1/s1. The minimum Gasteiger partial charge on any atom is -0.393 e. The van der Waals surface area contributed by atoms with E-state index in [4.69, 9.17) is 14.6 Å². The number of hydrogen-bond acceptors (Lipinski definition) is 6. The highest BCUT2D eigenvalue weighted by molar-refractivity contribution is 5.12. The summed E-state index contributed by atoms with van der Waals surface area (Å²) in [4.78, 5) is 0. The molecule has 0 aliphatic carbocycles. The SMILES string of the molecule is CO[C@H]1O[C@H]([C@@](C)(O)CO)[C@](C)(O)[C@@]1(C)O. The highest BCUT2D eigenvalue weighted by atomic mass is 16.7. The van der Waals surface area contributed by atoms with Crippen LogP contribution in [0.25, 0.3) is 0 Å². The van der Waals surface area contributed by atoms with Crippen molar-refractivity contribution in [2.24, 2.45) is 0 Å². The van der Waals surface area contributed by atoms with E-state index in [-0.39, 0.29) is 0 Å². The average Bonchev–Trinajstić information content (AvgIpc) is 2.35. The Kier molecular flexibility index (Phi) is 3.37. The molecule has 0 unspecified atom stereocenters. The van der Waals surface area contributed by atoms with E-state index < -0.39 is 35.8 Å². The van der Waals surface area contributed by atoms with Crippen LogP contribution < -0.4 is 0 Å². The van der Waals surface area contributed by atoms with Crippen LogP contribution in [0.4, 0.5) is 0 Å². The molecule has 1 heterocycles. The molecule has 0 amide bonds. The summed E-state index contributed by atoms with van der Waals surface area (Å²) in [5.41, 5.74) is -5.08. The van der Waals surface area contributed by atoms with E-state index in [1.54, 1.807) is 0 Å². The first-order valence-corrected chi connectivity index (χ1v) is 5.07. The van der Waals surface area contributed by atoms with Crippen molar-refractivity contribution in [3.63, 3.8) is 0 Å². The number of hydrogen-bond donors (Lipinski definition) is 4. The van der Waals surface area contributed by atoms with Gasteiger partial charge in [0, 0.05) is 7.11 Å². The molecule has 0 radical (unpaired) electrons. The summed E-state index contributed by atoms with van der Waals surface area (Å²) in [6.45, 7) is 3.41. The lowest BCUT2D eigenvalue weighted by atomic mass is 9.78. The van der Waals surface area contributed by atoms with E-state index in [1.165, 1.54) is 27.9 Å². The van der Waals surface area contributed by atoms with Crippen molar-refractivity contribution in [2.45, 2.75) is 50.0 Å². The van der Waals surface area contributed by atoms with E-state index in [1.807, 2.05) is 0 Å². The fourth-order valence-corrected chi connectivity index (χ4v) is 2.01. The summed E-state index contributed by atoms with van der Waals surface area (Å²) in [6, 6.07) is 0. The van der Waals surface area contributed by atoms with Crippen LogP contribution in [0.3, 0.4) is 0 Å². The molecule has 6 heteroatoms. The normalized spacial score (nSPS) is 48.0. The minimum atomic E-state index is -1.74. The number of aliphatic hydroxyl groups excluding tert-OH is 1. The van der Waals surface area contributed by atoms with Gasteiger partial charge in [0.1, 0.15) is 22.9 Å². The van der Waals surface area contributed by atoms with Crippen LogP contribution in [0.1, 0.15) is 20.8 Å². The molecule has 96 valence electrons. The van der Waals surface area contributed by atoms with Crippen molar-refractivity contribution in [1.82, 2.24) is 0 Å². The molecule has 1 aliphatic rings. The van der Waals surface area contributed by atoms with Gasteiger partial charge in [-0.1, -0.05) is 0 Å². The van der Waals surface area contributed by atoms with Crippen LogP contribution in [0.2, 0.25) is 0 Å². The fraction of sp³-hybridized carbons (Fsp3) is 1.00. The third kappa shape index (κ3) is 1.75. The molecule has 4 N–H and O–H groups in total. The highest BCUT2D eigenvalue weighted by Crippen LogP contribution is 2.43. The van der Waals surface area contributed by atoms with E-state index in [9.17, 15) is 15.3 Å². The van der Waals surface area contributed by atoms with Crippen LogP contribution in [-0.2, 0) is 9.47 Å². The van der Waals surface area contributed by atoms with Gasteiger partial charge in [-0.05, 0) is 20.8 Å². The summed E-state index contributed by atoms with van der Waals surface area (Å²) < 4.78 is 10.2. The quantitative estimate of drug-likeness (QED) is 0.481. The number of aliphatic hydroxyl groups is 4. The Labute approximate surface area is 94.4 Å². The van der Waals surface area contributed by atoms with Gasteiger partial charge in [0.2, 0.25) is 0 Å². The molecule has 0 saturated carbocycles. The zero-order valence-corrected chi connectivity index (χ0v) is 9.97. The van der Waals surface area contributed by atoms with Crippen molar-refractivity contribution in [3.05, 3.63) is 0 Å². The van der Waals surface area contributed by atoms with Gasteiger partial charge in [-0.25, -0.2) is 0 Å². The van der Waals surface area contributed by atoms with Gasteiger partial charge in [0.05, 0.1) is 6.61 Å². The van der Waals surface area contributed by atoms with Crippen molar-refractivity contribution in [3.8, 4) is 0 Å². The highest BCUT2D eigenvalue weighted by Gasteiger charge is 2.65. The second-order valence-electron chi connectivity index (χ2n) is 4.89. The van der Waals surface area contributed by atoms with Crippen molar-refractivity contribution >= 4 is 0 Å². The lowest BCUT2D eigenvalue weighted by molar-refractivity contribution is -0.204. The minimum absolute atomic E-state index is 0.597. The topological polar surface area (TPSA) is 99.4 Å². The van der Waals surface area contributed by atoms with E-state index >= 15 is 0 Å². The first-order valence-electron chi connectivity index (χ1n) is 5.07. The number of rotatable bonds is 3. The third-order valence-corrected chi connectivity index (χ3v) is 3.35. The Bertz CT molecular complexity index is 260. The Morgan fingerprint density at radius 1 is 1.31 bits per heavy atom. The van der Waals surface area contributed by atoms with Gasteiger partial charge in [0.15, 0.2) is 6.29 Å². The van der Waals surface area contributed by atoms with Gasteiger partial charge >= 0.3 is 0 Å². The van der Waals surface area contributed by atoms with Gasteiger partial charge < -0.3 is 29.9 Å². The molecule has 0 bridgehead atoms. The van der Waals surface area contributed by atoms with Crippen LogP contribution in [0.5, 0.6) is 0 Å². The molecule has 0 aromatic rings. The molecule has 0 aromatic carbocycles. The van der Waals surface area contributed by atoms with Crippen molar-refractivity contribution < 1.29 is 29.9 Å². The van der Waals surface area contributed by atoms with E-state index in [2.05, 4.69) is 0 Å². The molecule has 1 saturated heterocycles. The van der Waals surface area contributed by atoms with Gasteiger partial charge in [-0.15, -0.1) is 0 Å². The zero-order valence-electron chi connectivity index (χ0n) is 9.97.